The fourth-order valence-electron chi connectivity index (χ4n) is 1.49. The van der Waals surface area contributed by atoms with E-state index in [4.69, 9.17) is 16.3 Å². The minimum Gasteiger partial charge on any atom is -0.384 e. The zero-order valence-corrected chi connectivity index (χ0v) is 11.5. The molecule has 0 aromatic heterocycles. The summed E-state index contributed by atoms with van der Waals surface area (Å²) in [6.07, 6.45) is 0.426. The number of halogens is 1. The lowest BCUT2D eigenvalue weighted by molar-refractivity contribution is -0.121. The Kier molecular flexibility index (Phi) is 6.54. The molecule has 1 rings (SSSR count). The van der Waals surface area contributed by atoms with Gasteiger partial charge in [-0.25, -0.2) is 0 Å². The number of ether oxygens (including phenoxy) is 1. The summed E-state index contributed by atoms with van der Waals surface area (Å²) >= 11 is 6.01. The number of rotatable bonds is 7. The van der Waals surface area contributed by atoms with E-state index in [9.17, 15) is 4.79 Å². The highest BCUT2D eigenvalue weighted by Crippen LogP contribution is 2.22. The van der Waals surface area contributed by atoms with Gasteiger partial charge in [0.25, 0.3) is 0 Å². The van der Waals surface area contributed by atoms with Crippen LogP contribution in [0.1, 0.15) is 12.0 Å². The molecule has 1 aromatic carbocycles. The summed E-state index contributed by atoms with van der Waals surface area (Å²) in [6.45, 7) is 3.61. The van der Waals surface area contributed by atoms with Crippen LogP contribution in [0.2, 0.25) is 5.02 Å². The Morgan fingerprint density at radius 2 is 2.17 bits per heavy atom. The third kappa shape index (κ3) is 4.94. The van der Waals surface area contributed by atoms with Crippen molar-refractivity contribution in [3.63, 3.8) is 0 Å². The molecule has 0 atom stereocenters. The standard InChI is InChI=1S/C13H19ClN2O2/c1-10-11(14)4-3-5-12(10)15-7-6-13(17)16-8-9-18-2/h3-5,15H,6-9H2,1-2H3,(H,16,17). The first kappa shape index (κ1) is 14.8. The number of benzene rings is 1. The highest BCUT2D eigenvalue weighted by atomic mass is 35.5. The van der Waals surface area contributed by atoms with E-state index in [1.54, 1.807) is 7.11 Å². The summed E-state index contributed by atoms with van der Waals surface area (Å²) in [5.41, 5.74) is 1.96. The lowest BCUT2D eigenvalue weighted by Gasteiger charge is -2.10. The Morgan fingerprint density at radius 3 is 2.89 bits per heavy atom. The van der Waals surface area contributed by atoms with Gasteiger partial charge in [-0.3, -0.25) is 4.79 Å². The van der Waals surface area contributed by atoms with Crippen molar-refractivity contribution in [1.82, 2.24) is 5.32 Å². The number of carbonyl (C=O) groups excluding carboxylic acids is 1. The molecule has 0 radical (unpaired) electrons. The smallest absolute Gasteiger partial charge is 0.221 e. The molecule has 1 amide bonds. The summed E-state index contributed by atoms with van der Waals surface area (Å²) in [5.74, 6) is 0.0132. The van der Waals surface area contributed by atoms with Crippen molar-refractivity contribution >= 4 is 23.2 Å². The first-order valence-corrected chi connectivity index (χ1v) is 6.27. The van der Waals surface area contributed by atoms with Gasteiger partial charge in [0.2, 0.25) is 5.91 Å². The van der Waals surface area contributed by atoms with Crippen molar-refractivity contribution < 1.29 is 9.53 Å². The second-order valence-corrected chi connectivity index (χ2v) is 4.34. The third-order valence-electron chi connectivity index (χ3n) is 2.56. The average Bonchev–Trinajstić information content (AvgIpc) is 2.35. The molecule has 2 N–H and O–H groups in total. The minimum atomic E-state index is 0.0132. The van der Waals surface area contributed by atoms with Crippen LogP contribution in [0.4, 0.5) is 5.69 Å². The molecule has 18 heavy (non-hydrogen) atoms. The van der Waals surface area contributed by atoms with Crippen LogP contribution >= 0.6 is 11.6 Å². The van der Waals surface area contributed by atoms with Gasteiger partial charge in [-0.2, -0.15) is 0 Å². The van der Waals surface area contributed by atoms with Gasteiger partial charge in [-0.05, 0) is 24.6 Å². The van der Waals surface area contributed by atoms with Crippen LogP contribution in [0.25, 0.3) is 0 Å². The first-order chi connectivity index (χ1) is 8.65. The summed E-state index contributed by atoms with van der Waals surface area (Å²) in [5, 5.41) is 6.69. The van der Waals surface area contributed by atoms with E-state index < -0.39 is 0 Å². The van der Waals surface area contributed by atoms with Crippen molar-refractivity contribution in [1.29, 1.82) is 0 Å². The van der Waals surface area contributed by atoms with Crippen LogP contribution in [-0.4, -0.2) is 32.7 Å². The molecule has 0 aliphatic carbocycles. The fourth-order valence-corrected chi connectivity index (χ4v) is 1.67. The van der Waals surface area contributed by atoms with Crippen LogP contribution in [-0.2, 0) is 9.53 Å². The van der Waals surface area contributed by atoms with E-state index in [0.717, 1.165) is 16.3 Å². The Morgan fingerprint density at radius 1 is 1.39 bits per heavy atom. The number of methoxy groups -OCH3 is 1. The van der Waals surface area contributed by atoms with Crippen LogP contribution in [0.3, 0.4) is 0 Å². The van der Waals surface area contributed by atoms with E-state index in [2.05, 4.69) is 10.6 Å². The molecule has 0 bridgehead atoms. The Labute approximate surface area is 113 Å². The molecule has 100 valence electrons. The van der Waals surface area contributed by atoms with E-state index >= 15 is 0 Å². The summed E-state index contributed by atoms with van der Waals surface area (Å²) in [4.78, 5) is 11.4. The van der Waals surface area contributed by atoms with Crippen LogP contribution < -0.4 is 10.6 Å². The first-order valence-electron chi connectivity index (χ1n) is 5.89. The Balaban J connectivity index is 2.29. The summed E-state index contributed by atoms with van der Waals surface area (Å²) < 4.78 is 4.85. The molecule has 0 aliphatic heterocycles. The van der Waals surface area contributed by atoms with Crippen LogP contribution in [0.15, 0.2) is 18.2 Å². The highest BCUT2D eigenvalue weighted by molar-refractivity contribution is 6.31. The average molecular weight is 271 g/mol. The molecule has 0 unspecified atom stereocenters. The highest BCUT2D eigenvalue weighted by Gasteiger charge is 2.03. The maximum atomic E-state index is 11.4. The van der Waals surface area contributed by atoms with Crippen LogP contribution in [0, 0.1) is 6.92 Å². The van der Waals surface area contributed by atoms with Gasteiger partial charge < -0.3 is 15.4 Å². The molecule has 0 aliphatic rings. The Hall–Kier alpha value is -1.26. The monoisotopic (exact) mass is 270 g/mol. The molecular weight excluding hydrogens is 252 g/mol. The number of amides is 1. The number of hydrogen-bond donors (Lipinski definition) is 2. The molecule has 5 heteroatoms. The van der Waals surface area contributed by atoms with Gasteiger partial charge in [-0.15, -0.1) is 0 Å². The van der Waals surface area contributed by atoms with Crippen molar-refractivity contribution in [2.24, 2.45) is 0 Å². The maximum Gasteiger partial charge on any atom is 0.221 e. The zero-order chi connectivity index (χ0) is 13.4. The number of carbonyl (C=O) groups is 1. The van der Waals surface area contributed by atoms with Crippen LogP contribution in [0.5, 0.6) is 0 Å². The third-order valence-corrected chi connectivity index (χ3v) is 2.97. The van der Waals surface area contributed by atoms with E-state index in [-0.39, 0.29) is 5.91 Å². The van der Waals surface area contributed by atoms with Gasteiger partial charge in [0, 0.05) is 37.3 Å². The number of nitrogens with one attached hydrogen (secondary N) is 2. The topological polar surface area (TPSA) is 50.4 Å². The van der Waals surface area contributed by atoms with Gasteiger partial charge in [-0.1, -0.05) is 17.7 Å². The predicted octanol–water partition coefficient (Wildman–Crippen LogP) is 2.21. The number of hydrogen-bond acceptors (Lipinski definition) is 3. The van der Waals surface area contributed by atoms with E-state index in [1.165, 1.54) is 0 Å². The van der Waals surface area contributed by atoms with Crippen molar-refractivity contribution in [2.45, 2.75) is 13.3 Å². The molecule has 0 fully saturated rings. The number of anilines is 1. The van der Waals surface area contributed by atoms with E-state index in [0.29, 0.717) is 26.1 Å². The van der Waals surface area contributed by atoms with Gasteiger partial charge in [0.1, 0.15) is 0 Å². The van der Waals surface area contributed by atoms with Crippen molar-refractivity contribution in [3.8, 4) is 0 Å². The molecule has 0 spiro atoms. The zero-order valence-electron chi connectivity index (χ0n) is 10.8. The Bertz CT molecular complexity index is 397. The molecule has 4 nitrogen and oxygen atoms in total. The maximum absolute atomic E-state index is 11.4. The summed E-state index contributed by atoms with van der Waals surface area (Å²) in [6, 6.07) is 5.68. The normalized spacial score (nSPS) is 10.2. The quantitative estimate of drug-likeness (QED) is 0.747. The lowest BCUT2D eigenvalue weighted by Crippen LogP contribution is -2.28. The second kappa shape index (κ2) is 7.95. The molecule has 1 aromatic rings. The van der Waals surface area contributed by atoms with Crippen molar-refractivity contribution in [2.75, 3.05) is 32.1 Å². The molecular formula is C13H19ClN2O2. The second-order valence-electron chi connectivity index (χ2n) is 3.93. The fraction of sp³-hybridized carbons (Fsp3) is 0.462. The lowest BCUT2D eigenvalue weighted by atomic mass is 10.2. The van der Waals surface area contributed by atoms with Crippen molar-refractivity contribution in [3.05, 3.63) is 28.8 Å². The largest absolute Gasteiger partial charge is 0.384 e. The minimum absolute atomic E-state index is 0.0132. The van der Waals surface area contributed by atoms with Gasteiger partial charge in [0.05, 0.1) is 6.61 Å². The molecule has 0 saturated carbocycles. The molecule has 0 saturated heterocycles. The van der Waals surface area contributed by atoms with E-state index in [1.807, 2.05) is 25.1 Å². The summed E-state index contributed by atoms with van der Waals surface area (Å²) in [7, 11) is 1.61. The SMILES string of the molecule is COCCNC(=O)CCNc1cccc(Cl)c1C. The van der Waals surface area contributed by atoms with Gasteiger partial charge >= 0.3 is 0 Å². The molecule has 0 heterocycles. The predicted molar refractivity (Wildman–Crippen MR) is 74.2 cm³/mol. The van der Waals surface area contributed by atoms with Gasteiger partial charge in [0.15, 0.2) is 0 Å².